The number of aromatic carboxylic acids is 1. The average Bonchev–Trinajstić information content (AvgIpc) is 2.85. The van der Waals surface area contributed by atoms with Gasteiger partial charge < -0.3 is 14.8 Å². The number of aryl methyl sites for hydroxylation is 1. The predicted molar refractivity (Wildman–Crippen MR) is 79.6 cm³/mol. The molecule has 1 heterocycles. The fourth-order valence-electron chi connectivity index (χ4n) is 3.25. The molecule has 112 valence electrons. The monoisotopic (exact) mass is 288 g/mol. The van der Waals surface area contributed by atoms with Crippen LogP contribution < -0.4 is 0 Å². The van der Waals surface area contributed by atoms with Gasteiger partial charge >= 0.3 is 5.97 Å². The minimum atomic E-state index is -0.915. The highest BCUT2D eigenvalue weighted by atomic mass is 16.4. The minimum Gasteiger partial charge on any atom is -0.478 e. The van der Waals surface area contributed by atoms with E-state index in [-0.39, 0.29) is 6.10 Å². The maximum absolute atomic E-state index is 11.2. The van der Waals surface area contributed by atoms with E-state index < -0.39 is 5.97 Å². The zero-order valence-electron chi connectivity index (χ0n) is 12.1. The van der Waals surface area contributed by atoms with Crippen LogP contribution in [0, 0.1) is 0 Å². The summed E-state index contributed by atoms with van der Waals surface area (Å²) in [5, 5.41) is 18.9. The van der Waals surface area contributed by atoms with E-state index in [1.807, 2.05) is 0 Å². The van der Waals surface area contributed by atoms with Crippen LogP contribution in [0.25, 0.3) is 11.0 Å². The van der Waals surface area contributed by atoms with Crippen LogP contribution in [-0.2, 0) is 6.42 Å². The molecule has 1 aromatic heterocycles. The highest BCUT2D eigenvalue weighted by Crippen LogP contribution is 2.33. The number of aromatic nitrogens is 2. The lowest BCUT2D eigenvalue weighted by Gasteiger charge is -2.28. The van der Waals surface area contributed by atoms with Crippen LogP contribution in [-0.4, -0.2) is 31.8 Å². The Balaban J connectivity index is 2.09. The number of hydrogen-bond donors (Lipinski definition) is 2. The van der Waals surface area contributed by atoms with Gasteiger partial charge in [0, 0.05) is 12.5 Å². The lowest BCUT2D eigenvalue weighted by Crippen LogP contribution is -2.22. The summed E-state index contributed by atoms with van der Waals surface area (Å²) in [6, 6.07) is 5.41. The number of carboxylic acid groups (broad SMARTS) is 1. The van der Waals surface area contributed by atoms with Gasteiger partial charge in [0.05, 0.1) is 22.7 Å². The number of imidazole rings is 1. The van der Waals surface area contributed by atoms with Crippen LogP contribution in [0.4, 0.5) is 0 Å². The molecule has 0 atom stereocenters. The first-order valence-electron chi connectivity index (χ1n) is 7.52. The van der Waals surface area contributed by atoms with Gasteiger partial charge in [-0.3, -0.25) is 0 Å². The first-order valence-corrected chi connectivity index (χ1v) is 7.52. The van der Waals surface area contributed by atoms with Crippen molar-refractivity contribution in [1.29, 1.82) is 0 Å². The van der Waals surface area contributed by atoms with Crippen LogP contribution in [0.2, 0.25) is 0 Å². The average molecular weight is 288 g/mol. The van der Waals surface area contributed by atoms with Gasteiger partial charge in [0.1, 0.15) is 5.82 Å². The van der Waals surface area contributed by atoms with E-state index in [4.69, 9.17) is 0 Å². The smallest absolute Gasteiger partial charge is 0.335 e. The molecule has 1 aliphatic rings. The molecule has 1 aromatic carbocycles. The van der Waals surface area contributed by atoms with E-state index >= 15 is 0 Å². The molecular formula is C16H20N2O3. The molecular weight excluding hydrogens is 268 g/mol. The zero-order chi connectivity index (χ0) is 15.0. The lowest BCUT2D eigenvalue weighted by molar-refractivity contribution is 0.0697. The Labute approximate surface area is 123 Å². The van der Waals surface area contributed by atoms with E-state index in [1.54, 1.807) is 18.2 Å². The van der Waals surface area contributed by atoms with E-state index in [0.29, 0.717) is 11.6 Å². The first-order chi connectivity index (χ1) is 10.1. The minimum absolute atomic E-state index is 0.198. The van der Waals surface area contributed by atoms with Gasteiger partial charge in [-0.05, 0) is 43.9 Å². The van der Waals surface area contributed by atoms with Gasteiger partial charge in [-0.2, -0.15) is 0 Å². The van der Waals surface area contributed by atoms with E-state index in [1.165, 1.54) is 0 Å². The number of nitrogens with zero attached hydrogens (tertiary/aromatic N) is 2. The summed E-state index contributed by atoms with van der Waals surface area (Å²) in [6.07, 6.45) is 4.04. The number of carboxylic acids is 1. The Morgan fingerprint density at radius 2 is 2.05 bits per heavy atom. The first kappa shape index (κ1) is 14.1. The fraction of sp³-hybridized carbons (Fsp3) is 0.500. The van der Waals surface area contributed by atoms with Crippen molar-refractivity contribution in [2.45, 2.75) is 51.2 Å². The molecule has 1 fully saturated rings. The zero-order valence-corrected chi connectivity index (χ0v) is 12.1. The Bertz CT molecular complexity index is 669. The molecule has 2 N–H and O–H groups in total. The normalized spacial score (nSPS) is 22.6. The third kappa shape index (κ3) is 2.53. The van der Waals surface area contributed by atoms with Crippen LogP contribution in [0.15, 0.2) is 18.2 Å². The lowest BCUT2D eigenvalue weighted by atomic mass is 9.92. The van der Waals surface area contributed by atoms with Crippen LogP contribution in [0.1, 0.15) is 54.8 Å². The van der Waals surface area contributed by atoms with Crippen molar-refractivity contribution in [3.63, 3.8) is 0 Å². The molecule has 0 unspecified atom stereocenters. The number of rotatable bonds is 3. The highest BCUT2D eigenvalue weighted by Gasteiger charge is 2.24. The second-order valence-corrected chi connectivity index (χ2v) is 5.72. The number of aliphatic hydroxyl groups excluding tert-OH is 1. The van der Waals surface area contributed by atoms with E-state index in [2.05, 4.69) is 16.5 Å². The Kier molecular flexibility index (Phi) is 3.68. The fourth-order valence-corrected chi connectivity index (χ4v) is 3.25. The number of benzene rings is 1. The van der Waals surface area contributed by atoms with Gasteiger partial charge in [0.2, 0.25) is 0 Å². The SMILES string of the molecule is CCc1nc2ccc(C(=O)O)cc2n1C1CCC(O)CC1. The second-order valence-electron chi connectivity index (χ2n) is 5.72. The van der Waals surface area contributed by atoms with Crippen molar-refractivity contribution >= 4 is 17.0 Å². The summed E-state index contributed by atoms with van der Waals surface area (Å²) in [6.45, 7) is 2.06. The predicted octanol–water partition coefficient (Wildman–Crippen LogP) is 2.77. The molecule has 0 radical (unpaired) electrons. The highest BCUT2D eigenvalue weighted by molar-refractivity contribution is 5.92. The van der Waals surface area contributed by atoms with Crippen molar-refractivity contribution in [2.75, 3.05) is 0 Å². The standard InChI is InChI=1S/C16H20N2O3/c1-2-15-17-13-8-3-10(16(20)21)9-14(13)18(15)11-4-6-12(19)7-5-11/h3,8-9,11-12,19H,2,4-7H2,1H3,(H,20,21). The molecule has 3 rings (SSSR count). The summed E-state index contributed by atoms with van der Waals surface area (Å²) in [4.78, 5) is 15.8. The van der Waals surface area contributed by atoms with Gasteiger partial charge in [-0.25, -0.2) is 9.78 Å². The number of hydrogen-bond acceptors (Lipinski definition) is 3. The molecule has 0 amide bonds. The van der Waals surface area contributed by atoms with Crippen molar-refractivity contribution in [2.24, 2.45) is 0 Å². The summed E-state index contributed by atoms with van der Waals surface area (Å²) >= 11 is 0. The molecule has 5 heteroatoms. The Morgan fingerprint density at radius 1 is 1.33 bits per heavy atom. The maximum Gasteiger partial charge on any atom is 0.335 e. The van der Waals surface area contributed by atoms with Crippen molar-refractivity contribution in [1.82, 2.24) is 9.55 Å². The van der Waals surface area contributed by atoms with Crippen molar-refractivity contribution in [3.05, 3.63) is 29.6 Å². The molecule has 2 aromatic rings. The Hall–Kier alpha value is -1.88. The Morgan fingerprint density at radius 3 is 2.67 bits per heavy atom. The number of aliphatic hydroxyl groups is 1. The quantitative estimate of drug-likeness (QED) is 0.910. The topological polar surface area (TPSA) is 75.3 Å². The largest absolute Gasteiger partial charge is 0.478 e. The van der Waals surface area contributed by atoms with E-state index in [9.17, 15) is 15.0 Å². The van der Waals surface area contributed by atoms with Gasteiger partial charge in [-0.1, -0.05) is 6.92 Å². The van der Waals surface area contributed by atoms with E-state index in [0.717, 1.165) is 49.0 Å². The summed E-state index contributed by atoms with van der Waals surface area (Å²) in [7, 11) is 0. The second kappa shape index (κ2) is 5.48. The van der Waals surface area contributed by atoms with Crippen molar-refractivity contribution < 1.29 is 15.0 Å². The molecule has 0 aliphatic heterocycles. The number of fused-ring (bicyclic) bond motifs is 1. The summed E-state index contributed by atoms with van der Waals surface area (Å²) < 4.78 is 2.19. The third-order valence-corrected chi connectivity index (χ3v) is 4.36. The molecule has 21 heavy (non-hydrogen) atoms. The molecule has 0 spiro atoms. The molecule has 0 saturated heterocycles. The van der Waals surface area contributed by atoms with Gasteiger partial charge in [-0.15, -0.1) is 0 Å². The molecule has 5 nitrogen and oxygen atoms in total. The number of carbonyl (C=O) groups is 1. The molecule has 1 aliphatic carbocycles. The summed E-state index contributed by atoms with van der Waals surface area (Å²) in [5.41, 5.74) is 2.04. The van der Waals surface area contributed by atoms with Crippen LogP contribution in [0.3, 0.4) is 0 Å². The maximum atomic E-state index is 11.2. The molecule has 0 bridgehead atoms. The summed E-state index contributed by atoms with van der Waals surface area (Å²) in [5.74, 6) is 0.0793. The third-order valence-electron chi connectivity index (χ3n) is 4.36. The molecule has 1 saturated carbocycles. The van der Waals surface area contributed by atoms with Crippen LogP contribution in [0.5, 0.6) is 0 Å². The van der Waals surface area contributed by atoms with Crippen LogP contribution >= 0.6 is 0 Å². The van der Waals surface area contributed by atoms with Gasteiger partial charge in [0.25, 0.3) is 0 Å². The van der Waals surface area contributed by atoms with Crippen molar-refractivity contribution in [3.8, 4) is 0 Å². The van der Waals surface area contributed by atoms with Gasteiger partial charge in [0.15, 0.2) is 0 Å².